The molecule has 1 saturated carbocycles. The quantitative estimate of drug-likeness (QED) is 0.514. The molecule has 9 heteroatoms. The Morgan fingerprint density at radius 1 is 1.23 bits per heavy atom. The number of rotatable bonds is 5. The topological polar surface area (TPSA) is 59.8 Å². The van der Waals surface area contributed by atoms with E-state index in [-0.39, 0.29) is 16.7 Å². The molecule has 5 nitrogen and oxygen atoms in total. The van der Waals surface area contributed by atoms with Crippen molar-refractivity contribution in [3.63, 3.8) is 0 Å². The normalized spacial score (nSPS) is 16.1. The lowest BCUT2D eigenvalue weighted by Crippen LogP contribution is -2.29. The highest BCUT2D eigenvalue weighted by Gasteiger charge is 2.40. The smallest absolute Gasteiger partial charge is 0.267 e. The average Bonchev–Trinajstić information content (AvgIpc) is 3.43. The molecule has 0 aliphatic heterocycles. The van der Waals surface area contributed by atoms with Crippen molar-refractivity contribution in [3.05, 3.63) is 62.0 Å². The van der Waals surface area contributed by atoms with Crippen molar-refractivity contribution in [3.8, 4) is 0 Å². The van der Waals surface area contributed by atoms with Gasteiger partial charge in [-0.2, -0.15) is 0 Å². The van der Waals surface area contributed by atoms with E-state index in [9.17, 15) is 18.0 Å². The molecule has 4 rings (SSSR count). The SMILES string of the molecule is Cc1nc(N[C@@H](C)c2cccc(C(F)F)c2F)c2cn(C3(C)CC3)c(=O)c(Br)c2n1. The van der Waals surface area contributed by atoms with Crippen molar-refractivity contribution in [2.75, 3.05) is 5.32 Å². The zero-order chi connectivity index (χ0) is 21.8. The van der Waals surface area contributed by atoms with Gasteiger partial charge in [-0.3, -0.25) is 4.79 Å². The van der Waals surface area contributed by atoms with Gasteiger partial charge in [0.25, 0.3) is 12.0 Å². The maximum absolute atomic E-state index is 14.6. The fourth-order valence-electron chi connectivity index (χ4n) is 3.55. The predicted octanol–water partition coefficient (Wildman–Crippen LogP) is 5.62. The van der Waals surface area contributed by atoms with Crippen molar-refractivity contribution in [1.82, 2.24) is 14.5 Å². The van der Waals surface area contributed by atoms with E-state index in [0.29, 0.717) is 27.0 Å². The molecule has 0 radical (unpaired) electrons. The number of nitrogens with zero attached hydrogens (tertiary/aromatic N) is 3. The molecule has 30 heavy (non-hydrogen) atoms. The van der Waals surface area contributed by atoms with Crippen molar-refractivity contribution in [2.45, 2.75) is 51.6 Å². The molecule has 1 aromatic carbocycles. The van der Waals surface area contributed by atoms with Crippen molar-refractivity contribution >= 4 is 32.7 Å². The molecule has 1 atom stereocenters. The Balaban J connectivity index is 1.82. The summed E-state index contributed by atoms with van der Waals surface area (Å²) in [7, 11) is 0. The number of halogens is 4. The van der Waals surface area contributed by atoms with Gasteiger partial charge >= 0.3 is 0 Å². The van der Waals surface area contributed by atoms with Crippen LogP contribution in [0.1, 0.15) is 56.1 Å². The van der Waals surface area contributed by atoms with Crippen LogP contribution in [0.15, 0.2) is 33.7 Å². The number of anilines is 1. The van der Waals surface area contributed by atoms with Crippen LogP contribution in [0, 0.1) is 12.7 Å². The maximum atomic E-state index is 14.6. The van der Waals surface area contributed by atoms with Gasteiger partial charge in [0.05, 0.1) is 22.5 Å². The molecule has 1 N–H and O–H groups in total. The number of hydrogen-bond acceptors (Lipinski definition) is 4. The Morgan fingerprint density at radius 3 is 2.53 bits per heavy atom. The summed E-state index contributed by atoms with van der Waals surface area (Å²) in [6, 6.07) is 3.31. The summed E-state index contributed by atoms with van der Waals surface area (Å²) < 4.78 is 42.8. The number of aromatic nitrogens is 3. The lowest BCUT2D eigenvalue weighted by molar-refractivity contribution is 0.146. The number of alkyl halides is 2. The van der Waals surface area contributed by atoms with Crippen LogP contribution in [0.25, 0.3) is 10.9 Å². The van der Waals surface area contributed by atoms with Crippen LogP contribution in [0.4, 0.5) is 19.0 Å². The highest BCUT2D eigenvalue weighted by atomic mass is 79.9. The first-order valence-corrected chi connectivity index (χ1v) is 10.3. The number of fused-ring (bicyclic) bond motifs is 1. The van der Waals surface area contributed by atoms with Crippen LogP contribution in [-0.2, 0) is 5.54 Å². The van der Waals surface area contributed by atoms with E-state index < -0.39 is 23.8 Å². The highest BCUT2D eigenvalue weighted by Crippen LogP contribution is 2.43. The Hall–Kier alpha value is -2.42. The molecule has 1 fully saturated rings. The number of benzene rings is 1. The van der Waals surface area contributed by atoms with E-state index >= 15 is 0 Å². The molecule has 158 valence electrons. The van der Waals surface area contributed by atoms with E-state index in [1.807, 2.05) is 6.92 Å². The summed E-state index contributed by atoms with van der Waals surface area (Å²) in [6.45, 7) is 5.36. The second-order valence-corrected chi connectivity index (χ2v) is 8.71. The lowest BCUT2D eigenvalue weighted by Gasteiger charge is -2.20. The molecule has 3 aromatic rings. The second-order valence-electron chi connectivity index (χ2n) is 7.91. The van der Waals surface area contributed by atoms with Gasteiger partial charge in [-0.25, -0.2) is 23.1 Å². The Bertz CT molecular complexity index is 1210. The Morgan fingerprint density at radius 2 is 1.90 bits per heavy atom. The van der Waals surface area contributed by atoms with Crippen LogP contribution >= 0.6 is 15.9 Å². The van der Waals surface area contributed by atoms with Crippen molar-refractivity contribution < 1.29 is 13.2 Å². The summed E-state index contributed by atoms with van der Waals surface area (Å²) in [5, 5.41) is 3.72. The number of pyridine rings is 1. The minimum Gasteiger partial charge on any atom is -0.363 e. The van der Waals surface area contributed by atoms with Crippen molar-refractivity contribution in [2.24, 2.45) is 0 Å². The van der Waals surface area contributed by atoms with Gasteiger partial charge in [0.15, 0.2) is 0 Å². The predicted molar refractivity (Wildman–Crippen MR) is 113 cm³/mol. The lowest BCUT2D eigenvalue weighted by atomic mass is 10.0. The van der Waals surface area contributed by atoms with E-state index in [1.54, 1.807) is 24.6 Å². The fraction of sp³-hybridized carbons (Fsp3) is 0.381. The molecule has 0 bridgehead atoms. The number of nitrogens with one attached hydrogen (secondary N) is 1. The van der Waals surface area contributed by atoms with E-state index in [4.69, 9.17) is 0 Å². The zero-order valence-electron chi connectivity index (χ0n) is 16.6. The fourth-order valence-corrected chi connectivity index (χ4v) is 4.05. The summed E-state index contributed by atoms with van der Waals surface area (Å²) >= 11 is 3.37. The third kappa shape index (κ3) is 3.49. The molecular formula is C21H20BrF3N4O. The molecule has 2 heterocycles. The third-order valence-corrected chi connectivity index (χ3v) is 6.31. The second kappa shape index (κ2) is 7.37. The average molecular weight is 481 g/mol. The summed E-state index contributed by atoms with van der Waals surface area (Å²) in [6.07, 6.45) is 0.601. The molecule has 2 aromatic heterocycles. The minimum absolute atomic E-state index is 0.110. The molecule has 0 amide bonds. The molecule has 0 spiro atoms. The first-order chi connectivity index (χ1) is 14.1. The summed E-state index contributed by atoms with van der Waals surface area (Å²) in [5.74, 6) is -0.105. The van der Waals surface area contributed by atoms with Crippen LogP contribution in [0.3, 0.4) is 0 Å². The van der Waals surface area contributed by atoms with E-state index in [1.165, 1.54) is 12.1 Å². The Kier molecular flexibility index (Phi) is 5.12. The van der Waals surface area contributed by atoms with Crippen LogP contribution in [0.5, 0.6) is 0 Å². The standard InChI is InChI=1S/C21H20BrF3N4O/c1-10(12-5-4-6-13(16(12)23)18(24)25)26-19-14-9-29(21(3)7-8-21)20(30)15(22)17(14)27-11(2)28-19/h4-6,9-10,18H,7-8H2,1-3H3,(H,26,27,28)/t10-/m0/s1. The van der Waals surface area contributed by atoms with Gasteiger partial charge in [0.1, 0.15) is 21.9 Å². The largest absolute Gasteiger partial charge is 0.363 e. The van der Waals surface area contributed by atoms with Gasteiger partial charge in [-0.05, 0) is 49.5 Å². The van der Waals surface area contributed by atoms with Crippen LogP contribution < -0.4 is 10.9 Å². The maximum Gasteiger partial charge on any atom is 0.267 e. The summed E-state index contributed by atoms with van der Waals surface area (Å²) in [5.41, 5.74) is -0.499. The van der Waals surface area contributed by atoms with Gasteiger partial charge in [-0.15, -0.1) is 0 Å². The minimum atomic E-state index is -2.90. The molecule has 1 aliphatic rings. The highest BCUT2D eigenvalue weighted by molar-refractivity contribution is 9.10. The van der Waals surface area contributed by atoms with Gasteiger partial charge in [0, 0.05) is 17.3 Å². The Labute approximate surface area is 179 Å². The zero-order valence-corrected chi connectivity index (χ0v) is 18.2. The van der Waals surface area contributed by atoms with Crippen LogP contribution in [-0.4, -0.2) is 14.5 Å². The van der Waals surface area contributed by atoms with Gasteiger partial charge in [-0.1, -0.05) is 18.2 Å². The van der Waals surface area contributed by atoms with E-state index in [2.05, 4.69) is 31.2 Å². The third-order valence-electron chi connectivity index (χ3n) is 5.60. The molecular weight excluding hydrogens is 461 g/mol. The molecule has 0 unspecified atom stereocenters. The first-order valence-electron chi connectivity index (χ1n) is 9.55. The van der Waals surface area contributed by atoms with Crippen molar-refractivity contribution in [1.29, 1.82) is 0 Å². The number of aryl methyl sites for hydroxylation is 1. The van der Waals surface area contributed by atoms with E-state index in [0.717, 1.165) is 18.9 Å². The molecule has 0 saturated heterocycles. The van der Waals surface area contributed by atoms with Gasteiger partial charge < -0.3 is 9.88 Å². The monoisotopic (exact) mass is 480 g/mol. The molecule has 1 aliphatic carbocycles. The first kappa shape index (κ1) is 20.8. The summed E-state index contributed by atoms with van der Waals surface area (Å²) in [4.78, 5) is 21.6. The van der Waals surface area contributed by atoms with Gasteiger partial charge in [0.2, 0.25) is 0 Å². The number of hydrogen-bond donors (Lipinski definition) is 1. The van der Waals surface area contributed by atoms with Crippen LogP contribution in [0.2, 0.25) is 0 Å².